The summed E-state index contributed by atoms with van der Waals surface area (Å²) < 4.78 is 0. The number of benzene rings is 1. The summed E-state index contributed by atoms with van der Waals surface area (Å²) in [6.45, 7) is 2.71. The predicted molar refractivity (Wildman–Crippen MR) is 81.8 cm³/mol. The first-order valence-corrected chi connectivity index (χ1v) is 7.44. The molecule has 1 atom stereocenters. The number of amides is 2. The largest absolute Gasteiger partial charge is 0.326 e. The van der Waals surface area contributed by atoms with Crippen LogP contribution in [0.2, 0.25) is 0 Å². The Morgan fingerprint density at radius 2 is 2.15 bits per heavy atom. The quantitative estimate of drug-likeness (QED) is 0.872. The van der Waals surface area contributed by atoms with Gasteiger partial charge < -0.3 is 10.6 Å². The maximum atomic E-state index is 11.9. The molecule has 0 unspecified atom stereocenters. The molecule has 1 aromatic carbocycles. The number of hydrogen-bond donors (Lipinski definition) is 2. The van der Waals surface area contributed by atoms with Crippen molar-refractivity contribution in [2.45, 2.75) is 25.0 Å². The lowest BCUT2D eigenvalue weighted by Crippen LogP contribution is -2.28. The first-order chi connectivity index (χ1) is 9.69. The smallest absolute Gasteiger partial charge is 0.240 e. The molecule has 0 bridgehead atoms. The Kier molecular flexibility index (Phi) is 5.17. The Morgan fingerprint density at radius 1 is 1.40 bits per heavy atom. The molecule has 0 radical (unpaired) electrons. The maximum absolute atomic E-state index is 11.9. The van der Waals surface area contributed by atoms with Crippen molar-refractivity contribution in [3.8, 4) is 0 Å². The summed E-state index contributed by atoms with van der Waals surface area (Å²) in [7, 11) is 0. The lowest BCUT2D eigenvalue weighted by molar-refractivity contribution is -0.122. The third-order valence-electron chi connectivity index (χ3n) is 2.68. The van der Waals surface area contributed by atoms with E-state index in [4.69, 9.17) is 0 Å². The maximum Gasteiger partial charge on any atom is 0.240 e. The summed E-state index contributed by atoms with van der Waals surface area (Å²) in [5.41, 5.74) is 0.737. The fourth-order valence-corrected chi connectivity index (χ4v) is 2.73. The Balaban J connectivity index is 1.87. The van der Waals surface area contributed by atoms with E-state index < -0.39 is 5.25 Å². The van der Waals surface area contributed by atoms with Gasteiger partial charge in [0.2, 0.25) is 11.8 Å². The predicted octanol–water partition coefficient (Wildman–Crippen LogP) is 2.01. The van der Waals surface area contributed by atoms with Crippen LogP contribution in [0.4, 0.5) is 5.69 Å². The third-order valence-corrected chi connectivity index (χ3v) is 3.80. The van der Waals surface area contributed by atoms with Crippen molar-refractivity contribution < 1.29 is 9.59 Å². The molecule has 0 saturated carbocycles. The molecule has 106 valence electrons. The lowest BCUT2D eigenvalue weighted by Gasteiger charge is -2.07. The second-order valence-corrected chi connectivity index (χ2v) is 5.59. The van der Waals surface area contributed by atoms with Gasteiger partial charge in [0.05, 0.1) is 0 Å². The van der Waals surface area contributed by atoms with Crippen LogP contribution in [-0.2, 0) is 9.59 Å². The summed E-state index contributed by atoms with van der Waals surface area (Å²) in [5.74, 6) is -0.311. The van der Waals surface area contributed by atoms with E-state index in [0.29, 0.717) is 11.7 Å². The number of carbonyl (C=O) groups excluding carboxylic acids is 2. The van der Waals surface area contributed by atoms with Gasteiger partial charge >= 0.3 is 0 Å². The zero-order valence-corrected chi connectivity index (χ0v) is 12.1. The zero-order valence-electron chi connectivity index (χ0n) is 11.3. The second kappa shape index (κ2) is 7.09. The van der Waals surface area contributed by atoms with E-state index in [1.165, 1.54) is 11.8 Å². The van der Waals surface area contributed by atoms with Gasteiger partial charge in [-0.15, -0.1) is 0 Å². The molecule has 6 heteroatoms. The molecule has 1 aliphatic heterocycles. The first kappa shape index (κ1) is 14.6. The number of anilines is 1. The van der Waals surface area contributed by atoms with Crippen LogP contribution in [0.5, 0.6) is 0 Å². The highest BCUT2D eigenvalue weighted by Crippen LogP contribution is 2.23. The number of nitrogens with one attached hydrogen (secondary N) is 2. The minimum atomic E-state index is -0.394. The van der Waals surface area contributed by atoms with Gasteiger partial charge in [-0.05, 0) is 18.6 Å². The number of hydrogen-bond acceptors (Lipinski definition) is 4. The van der Waals surface area contributed by atoms with Crippen LogP contribution in [0.15, 0.2) is 35.3 Å². The van der Waals surface area contributed by atoms with Crippen molar-refractivity contribution in [3.05, 3.63) is 30.3 Å². The zero-order chi connectivity index (χ0) is 14.4. The number of amidine groups is 1. The molecular weight excluding hydrogens is 274 g/mol. The van der Waals surface area contributed by atoms with Crippen molar-refractivity contribution >= 4 is 34.4 Å². The standard InChI is InChI=1S/C14H17N3O2S/c1-2-8-15-14-17-13(19)11(20-14)9-12(18)16-10-6-4-3-5-7-10/h3-7,11H,2,8-9H2,1H3,(H,16,18)(H,15,17,19)/t11-/m0/s1. The minimum Gasteiger partial charge on any atom is -0.326 e. The molecule has 1 aliphatic rings. The highest BCUT2D eigenvalue weighted by Gasteiger charge is 2.31. The van der Waals surface area contributed by atoms with Crippen LogP contribution in [-0.4, -0.2) is 28.8 Å². The fourth-order valence-electron chi connectivity index (χ4n) is 1.73. The number of nitrogens with zero attached hydrogens (tertiary/aromatic N) is 1. The van der Waals surface area contributed by atoms with Crippen molar-refractivity contribution in [1.82, 2.24) is 5.32 Å². The van der Waals surface area contributed by atoms with E-state index in [1.807, 2.05) is 37.3 Å². The molecule has 1 aromatic rings. The van der Waals surface area contributed by atoms with Crippen molar-refractivity contribution in [2.75, 3.05) is 11.9 Å². The normalized spacial score (nSPS) is 19.9. The molecular formula is C14H17N3O2S. The Bertz CT molecular complexity index is 516. The van der Waals surface area contributed by atoms with E-state index in [1.54, 1.807) is 0 Å². The van der Waals surface area contributed by atoms with E-state index in [0.717, 1.165) is 12.1 Å². The van der Waals surface area contributed by atoms with Crippen LogP contribution < -0.4 is 10.6 Å². The molecule has 1 heterocycles. The summed E-state index contributed by atoms with van der Waals surface area (Å²) in [6, 6.07) is 9.21. The van der Waals surface area contributed by atoms with Crippen LogP contribution in [0.3, 0.4) is 0 Å². The molecule has 1 fully saturated rings. The van der Waals surface area contributed by atoms with Crippen molar-refractivity contribution in [2.24, 2.45) is 4.99 Å². The molecule has 20 heavy (non-hydrogen) atoms. The summed E-state index contributed by atoms with van der Waals surface area (Å²) in [5, 5.41) is 5.70. The van der Waals surface area contributed by atoms with Crippen LogP contribution in [0.25, 0.3) is 0 Å². The van der Waals surface area contributed by atoms with Gasteiger partial charge in [0.1, 0.15) is 5.25 Å². The van der Waals surface area contributed by atoms with E-state index in [9.17, 15) is 9.59 Å². The van der Waals surface area contributed by atoms with Crippen molar-refractivity contribution in [1.29, 1.82) is 0 Å². The fraction of sp³-hybridized carbons (Fsp3) is 0.357. The van der Waals surface area contributed by atoms with E-state index in [2.05, 4.69) is 15.6 Å². The summed E-state index contributed by atoms with van der Waals surface area (Å²) in [6.07, 6.45) is 1.08. The van der Waals surface area contributed by atoms with Crippen molar-refractivity contribution in [3.63, 3.8) is 0 Å². The summed E-state index contributed by atoms with van der Waals surface area (Å²) in [4.78, 5) is 27.9. The molecule has 2 amide bonds. The highest BCUT2D eigenvalue weighted by molar-refractivity contribution is 8.15. The average molecular weight is 291 g/mol. The van der Waals surface area contributed by atoms with Gasteiger partial charge in [-0.3, -0.25) is 14.6 Å². The van der Waals surface area contributed by atoms with Gasteiger partial charge in [-0.1, -0.05) is 36.9 Å². The molecule has 5 nitrogen and oxygen atoms in total. The van der Waals surface area contributed by atoms with E-state index in [-0.39, 0.29) is 18.2 Å². The second-order valence-electron chi connectivity index (χ2n) is 4.40. The molecule has 2 N–H and O–H groups in total. The monoisotopic (exact) mass is 291 g/mol. The SMILES string of the molecule is CCCN=C1NC(=O)[C@H](CC(=O)Nc2ccccc2)S1. The van der Waals surface area contributed by atoms with Gasteiger partial charge in [0.25, 0.3) is 0 Å². The third kappa shape index (κ3) is 4.09. The minimum absolute atomic E-state index is 0.145. The number of rotatable bonds is 5. The number of para-hydroxylation sites is 1. The first-order valence-electron chi connectivity index (χ1n) is 6.56. The Morgan fingerprint density at radius 3 is 2.85 bits per heavy atom. The topological polar surface area (TPSA) is 70.6 Å². The molecule has 0 aliphatic carbocycles. The lowest BCUT2D eigenvalue weighted by atomic mass is 10.2. The molecule has 0 aromatic heterocycles. The summed E-state index contributed by atoms with van der Waals surface area (Å²) >= 11 is 1.33. The van der Waals surface area contributed by atoms with Crippen LogP contribution in [0.1, 0.15) is 19.8 Å². The molecule has 1 saturated heterocycles. The number of thioether (sulfide) groups is 1. The number of aliphatic imine (C=N–C) groups is 1. The van der Waals surface area contributed by atoms with Crippen LogP contribution in [0, 0.1) is 0 Å². The number of carbonyl (C=O) groups is 2. The van der Waals surface area contributed by atoms with Gasteiger partial charge in [-0.2, -0.15) is 0 Å². The van der Waals surface area contributed by atoms with Crippen LogP contribution >= 0.6 is 11.8 Å². The van der Waals surface area contributed by atoms with E-state index >= 15 is 0 Å². The molecule has 0 spiro atoms. The Hall–Kier alpha value is -1.82. The highest BCUT2D eigenvalue weighted by atomic mass is 32.2. The van der Waals surface area contributed by atoms with Gasteiger partial charge in [-0.25, -0.2) is 0 Å². The average Bonchev–Trinajstić information content (AvgIpc) is 2.78. The van der Waals surface area contributed by atoms with Gasteiger partial charge in [0.15, 0.2) is 5.17 Å². The molecule has 2 rings (SSSR count). The Labute approximate surface area is 122 Å². The van der Waals surface area contributed by atoms with Gasteiger partial charge in [0, 0.05) is 18.7 Å².